The molecule has 0 atom stereocenters. The number of aryl methyl sites for hydroxylation is 2. The lowest BCUT2D eigenvalue weighted by atomic mass is 10.1. The standard InChI is InChI=1S/C11H8ClN/c1-8-6-10(4-3-5-13)7-9(2)11(8)12/h6-7H,1-2H3. The zero-order chi connectivity index (χ0) is 9.84. The van der Waals surface area contributed by atoms with Gasteiger partial charge in [0.05, 0.1) is 0 Å². The predicted octanol–water partition coefficient (Wildman–Crippen LogP) is 2.83. The molecule has 2 heteroatoms. The number of rotatable bonds is 0. The van der Waals surface area contributed by atoms with Crippen molar-refractivity contribution in [3.63, 3.8) is 0 Å². The number of nitrogens with zero attached hydrogens (tertiary/aromatic N) is 1. The predicted molar refractivity (Wildman–Crippen MR) is 53.4 cm³/mol. The van der Waals surface area contributed by atoms with Gasteiger partial charge in [0.25, 0.3) is 0 Å². The van der Waals surface area contributed by atoms with Crippen molar-refractivity contribution < 1.29 is 0 Å². The molecule has 0 aliphatic heterocycles. The molecule has 1 aromatic carbocycles. The fourth-order valence-corrected chi connectivity index (χ4v) is 1.23. The summed E-state index contributed by atoms with van der Waals surface area (Å²) in [6.45, 7) is 3.85. The Bertz CT molecular complexity index is 407. The minimum Gasteiger partial charge on any atom is -0.183 e. The van der Waals surface area contributed by atoms with Crippen molar-refractivity contribution in [3.05, 3.63) is 33.8 Å². The number of hydrogen-bond acceptors (Lipinski definition) is 1. The molecule has 0 heterocycles. The average Bonchev–Trinajstić information content (AvgIpc) is 2.10. The first-order chi connectivity index (χ1) is 6.15. The van der Waals surface area contributed by atoms with E-state index in [9.17, 15) is 0 Å². The Morgan fingerprint density at radius 1 is 1.23 bits per heavy atom. The lowest BCUT2D eigenvalue weighted by molar-refractivity contribution is 1.37. The first-order valence-electron chi connectivity index (χ1n) is 3.82. The Morgan fingerprint density at radius 2 is 1.77 bits per heavy atom. The SMILES string of the molecule is Cc1cc(C#CC#N)cc(C)c1Cl. The summed E-state index contributed by atoms with van der Waals surface area (Å²) in [5, 5.41) is 9.04. The first-order valence-corrected chi connectivity index (χ1v) is 4.20. The van der Waals surface area contributed by atoms with Gasteiger partial charge < -0.3 is 0 Å². The van der Waals surface area contributed by atoms with Gasteiger partial charge in [-0.1, -0.05) is 17.5 Å². The summed E-state index contributed by atoms with van der Waals surface area (Å²) in [7, 11) is 0. The molecule has 0 aliphatic rings. The van der Waals surface area contributed by atoms with E-state index in [1.807, 2.05) is 26.0 Å². The van der Waals surface area contributed by atoms with Gasteiger partial charge in [-0.15, -0.1) is 0 Å². The zero-order valence-corrected chi connectivity index (χ0v) is 8.24. The van der Waals surface area contributed by atoms with Crippen LogP contribution in [0.5, 0.6) is 0 Å². The van der Waals surface area contributed by atoms with E-state index in [4.69, 9.17) is 16.9 Å². The Morgan fingerprint density at radius 3 is 2.23 bits per heavy atom. The Labute approximate surface area is 83.0 Å². The highest BCUT2D eigenvalue weighted by Gasteiger charge is 2.00. The lowest BCUT2D eigenvalue weighted by Gasteiger charge is -2.02. The van der Waals surface area contributed by atoms with Crippen molar-refractivity contribution in [3.8, 4) is 17.9 Å². The summed E-state index contributed by atoms with van der Waals surface area (Å²) < 4.78 is 0. The van der Waals surface area contributed by atoms with E-state index in [0.717, 1.165) is 21.7 Å². The largest absolute Gasteiger partial charge is 0.183 e. The van der Waals surface area contributed by atoms with Crippen molar-refractivity contribution in [2.45, 2.75) is 13.8 Å². The maximum Gasteiger partial charge on any atom is 0.152 e. The monoisotopic (exact) mass is 189 g/mol. The molecule has 0 saturated heterocycles. The van der Waals surface area contributed by atoms with Gasteiger partial charge in [0.2, 0.25) is 0 Å². The van der Waals surface area contributed by atoms with Gasteiger partial charge in [0.1, 0.15) is 0 Å². The third-order valence-electron chi connectivity index (χ3n) is 1.70. The number of nitriles is 1. The fourth-order valence-electron chi connectivity index (χ4n) is 1.12. The zero-order valence-electron chi connectivity index (χ0n) is 7.48. The highest BCUT2D eigenvalue weighted by atomic mass is 35.5. The van der Waals surface area contributed by atoms with Crippen LogP contribution in [0.15, 0.2) is 12.1 Å². The normalized spacial score (nSPS) is 8.46. The second-order valence-corrected chi connectivity index (χ2v) is 3.16. The van der Waals surface area contributed by atoms with Crippen LogP contribution in [0.1, 0.15) is 16.7 Å². The average molecular weight is 190 g/mol. The van der Waals surface area contributed by atoms with Gasteiger partial charge in [-0.2, -0.15) is 5.26 Å². The molecular formula is C11H8ClN. The van der Waals surface area contributed by atoms with Crippen LogP contribution < -0.4 is 0 Å². The summed E-state index contributed by atoms with van der Waals surface area (Å²) in [4.78, 5) is 0. The minimum atomic E-state index is 0.766. The molecule has 1 nitrogen and oxygen atoms in total. The third kappa shape index (κ3) is 2.25. The Balaban J connectivity index is 3.23. The van der Waals surface area contributed by atoms with E-state index >= 15 is 0 Å². The number of hydrogen-bond donors (Lipinski definition) is 0. The van der Waals surface area contributed by atoms with Crippen LogP contribution in [0, 0.1) is 37.0 Å². The quantitative estimate of drug-likeness (QED) is 0.576. The molecular weight excluding hydrogens is 182 g/mol. The molecule has 64 valence electrons. The van der Waals surface area contributed by atoms with Gasteiger partial charge in [-0.3, -0.25) is 0 Å². The molecule has 0 spiro atoms. The topological polar surface area (TPSA) is 23.8 Å². The lowest BCUT2D eigenvalue weighted by Crippen LogP contribution is -1.84. The van der Waals surface area contributed by atoms with Crippen molar-refractivity contribution >= 4 is 11.6 Å². The molecule has 0 unspecified atom stereocenters. The van der Waals surface area contributed by atoms with Crippen LogP contribution in [-0.4, -0.2) is 0 Å². The van der Waals surface area contributed by atoms with E-state index in [-0.39, 0.29) is 0 Å². The van der Waals surface area contributed by atoms with Gasteiger partial charge in [-0.05, 0) is 37.1 Å². The van der Waals surface area contributed by atoms with E-state index in [1.165, 1.54) is 0 Å². The maximum absolute atomic E-state index is 8.27. The molecule has 0 fully saturated rings. The molecule has 0 radical (unpaired) electrons. The number of halogens is 1. The van der Waals surface area contributed by atoms with Crippen LogP contribution in [0.2, 0.25) is 5.02 Å². The van der Waals surface area contributed by atoms with Crippen LogP contribution in [0.3, 0.4) is 0 Å². The van der Waals surface area contributed by atoms with Crippen LogP contribution >= 0.6 is 11.6 Å². The summed E-state index contributed by atoms with van der Waals surface area (Å²) in [5.74, 6) is 5.08. The van der Waals surface area contributed by atoms with Gasteiger partial charge in [0, 0.05) is 16.5 Å². The second-order valence-electron chi connectivity index (χ2n) is 2.79. The molecule has 1 aromatic rings. The van der Waals surface area contributed by atoms with Crippen molar-refractivity contribution in [1.29, 1.82) is 5.26 Å². The van der Waals surface area contributed by atoms with Gasteiger partial charge in [-0.25, -0.2) is 0 Å². The Kier molecular flexibility index (Phi) is 2.96. The minimum absolute atomic E-state index is 0.766. The molecule has 0 saturated carbocycles. The molecule has 1 rings (SSSR count). The van der Waals surface area contributed by atoms with Crippen molar-refractivity contribution in [2.24, 2.45) is 0 Å². The van der Waals surface area contributed by atoms with Gasteiger partial charge in [0.15, 0.2) is 6.07 Å². The highest BCUT2D eigenvalue weighted by Crippen LogP contribution is 2.21. The number of benzene rings is 1. The molecule has 13 heavy (non-hydrogen) atoms. The van der Waals surface area contributed by atoms with E-state index < -0.39 is 0 Å². The molecule has 0 N–H and O–H groups in total. The van der Waals surface area contributed by atoms with E-state index in [0.29, 0.717) is 0 Å². The van der Waals surface area contributed by atoms with Crippen molar-refractivity contribution in [1.82, 2.24) is 0 Å². The third-order valence-corrected chi connectivity index (χ3v) is 2.30. The van der Waals surface area contributed by atoms with E-state index in [1.54, 1.807) is 6.07 Å². The van der Waals surface area contributed by atoms with Crippen molar-refractivity contribution in [2.75, 3.05) is 0 Å². The highest BCUT2D eigenvalue weighted by molar-refractivity contribution is 6.32. The van der Waals surface area contributed by atoms with Crippen LogP contribution in [0.4, 0.5) is 0 Å². The smallest absolute Gasteiger partial charge is 0.152 e. The van der Waals surface area contributed by atoms with Crippen LogP contribution in [0.25, 0.3) is 0 Å². The van der Waals surface area contributed by atoms with Gasteiger partial charge >= 0.3 is 0 Å². The summed E-state index contributed by atoms with van der Waals surface area (Å²) in [5.41, 5.74) is 2.81. The maximum atomic E-state index is 8.27. The Hall–Kier alpha value is -1.44. The molecule has 0 aromatic heterocycles. The molecule has 0 amide bonds. The molecule has 0 bridgehead atoms. The first kappa shape index (κ1) is 9.65. The summed E-state index contributed by atoms with van der Waals surface area (Å²) in [6, 6.07) is 5.52. The summed E-state index contributed by atoms with van der Waals surface area (Å²) >= 11 is 5.97. The summed E-state index contributed by atoms with van der Waals surface area (Å²) in [6.07, 6.45) is 0. The molecule has 0 aliphatic carbocycles. The van der Waals surface area contributed by atoms with Crippen LogP contribution in [-0.2, 0) is 0 Å². The fraction of sp³-hybridized carbons (Fsp3) is 0.182. The van der Waals surface area contributed by atoms with E-state index in [2.05, 4.69) is 11.8 Å². The second kappa shape index (κ2) is 3.99.